The van der Waals surface area contributed by atoms with Crippen LogP contribution in [0.3, 0.4) is 0 Å². The molecular formula is C40H67N5O9. The predicted octanol–water partition coefficient (Wildman–Crippen LogP) is 3.92. The largest absolute Gasteiger partial charge is 0.465 e. The summed E-state index contributed by atoms with van der Waals surface area (Å²) < 4.78 is 11.9. The molecule has 1 aromatic carbocycles. The number of nitrogens with one attached hydrogen (secondary N) is 2. The van der Waals surface area contributed by atoms with Gasteiger partial charge < -0.3 is 40.1 Å². The van der Waals surface area contributed by atoms with Crippen molar-refractivity contribution in [2.45, 2.75) is 130 Å². The van der Waals surface area contributed by atoms with E-state index < -0.39 is 60.4 Å². The minimum atomic E-state index is -1.25. The molecule has 4 N–H and O–H groups in total. The molecule has 0 spiro atoms. The molecule has 10 atom stereocenters. The summed E-state index contributed by atoms with van der Waals surface area (Å²) in [6.45, 7) is 15.1. The van der Waals surface area contributed by atoms with Crippen LogP contribution in [0.2, 0.25) is 0 Å². The van der Waals surface area contributed by atoms with Gasteiger partial charge in [-0.05, 0) is 43.1 Å². The number of nitrogens with zero attached hydrogens (tertiary/aromatic N) is 3. The number of carbonyl (C=O) groups is 5. The second-order valence-electron chi connectivity index (χ2n) is 15.6. The Morgan fingerprint density at radius 3 is 2.00 bits per heavy atom. The topological polar surface area (TPSA) is 178 Å². The molecule has 0 bridgehead atoms. The molecule has 14 heteroatoms. The molecule has 54 heavy (non-hydrogen) atoms. The lowest BCUT2D eigenvalue weighted by Gasteiger charge is -2.41. The van der Waals surface area contributed by atoms with Crippen LogP contribution in [0, 0.1) is 23.7 Å². The lowest BCUT2D eigenvalue weighted by molar-refractivity contribution is -0.148. The summed E-state index contributed by atoms with van der Waals surface area (Å²) in [7, 11) is 6.02. The van der Waals surface area contributed by atoms with E-state index in [1.807, 2.05) is 45.9 Å². The van der Waals surface area contributed by atoms with E-state index in [1.165, 1.54) is 21.3 Å². The lowest BCUT2D eigenvalue weighted by atomic mass is 9.89. The highest BCUT2D eigenvalue weighted by Gasteiger charge is 2.43. The number of likely N-dealkylation sites (tertiary alicyclic amines) is 1. The first-order valence-corrected chi connectivity index (χ1v) is 19.2. The van der Waals surface area contributed by atoms with Gasteiger partial charge in [0, 0.05) is 34.9 Å². The van der Waals surface area contributed by atoms with E-state index in [1.54, 1.807) is 56.7 Å². The highest BCUT2D eigenvalue weighted by Crippen LogP contribution is 2.30. The van der Waals surface area contributed by atoms with Gasteiger partial charge in [0.25, 0.3) is 0 Å². The van der Waals surface area contributed by atoms with Crippen LogP contribution in [-0.4, -0.2) is 132 Å². The standard InChI is InChI=1S/C40H67N5O9/c1-13-25(6)34(43(9)39(50)32(23(2)3)42-38(49)33(24(4)5)44(10)40(51)52)30(53-11)22-31(46)45-21-17-20-29(45)36(54-12)26(7)37(48)41-27(8)35(47)28-18-15-14-16-19-28/h14-16,18-19,23-27,29-30,32-36,47H,13,17,20-22H2,1-12H3,(H,41,48)(H,42,49)(H,51,52)/t25-,26+,27+,29-,30+,32-,33-,34-,35-,36+/m0/s1. The number of carboxylic acid groups (broad SMARTS) is 1. The van der Waals surface area contributed by atoms with E-state index in [-0.39, 0.29) is 47.9 Å². The fourth-order valence-electron chi connectivity index (χ4n) is 7.70. The normalized spacial score (nSPS) is 19.5. The Labute approximate surface area is 322 Å². The van der Waals surface area contributed by atoms with Crippen LogP contribution < -0.4 is 10.6 Å². The van der Waals surface area contributed by atoms with Gasteiger partial charge in [-0.1, -0.05) is 85.2 Å². The molecule has 1 aliphatic heterocycles. The number of aliphatic hydroxyl groups is 1. The van der Waals surface area contributed by atoms with Gasteiger partial charge in [0.15, 0.2) is 0 Å². The molecule has 0 unspecified atom stereocenters. The summed E-state index contributed by atoms with van der Waals surface area (Å²) in [6.07, 6.45) is -1.45. The second-order valence-corrected chi connectivity index (χ2v) is 15.6. The number of hydrogen-bond acceptors (Lipinski definition) is 8. The van der Waals surface area contributed by atoms with Crippen molar-refractivity contribution in [2.75, 3.05) is 34.9 Å². The lowest BCUT2D eigenvalue weighted by Crippen LogP contribution is -2.60. The number of rotatable bonds is 20. The average Bonchev–Trinajstić information content (AvgIpc) is 3.62. The number of hydrogen-bond donors (Lipinski definition) is 4. The number of ether oxygens (including phenoxy) is 2. The van der Waals surface area contributed by atoms with Crippen LogP contribution in [0.25, 0.3) is 0 Å². The summed E-state index contributed by atoms with van der Waals surface area (Å²) in [5.41, 5.74) is 0.692. The van der Waals surface area contributed by atoms with Crippen LogP contribution in [0.1, 0.15) is 92.7 Å². The number of amides is 5. The first-order valence-electron chi connectivity index (χ1n) is 19.2. The van der Waals surface area contributed by atoms with Crippen molar-refractivity contribution in [3.05, 3.63) is 35.9 Å². The Morgan fingerprint density at radius 1 is 0.889 bits per heavy atom. The fourth-order valence-corrected chi connectivity index (χ4v) is 7.70. The summed E-state index contributed by atoms with van der Waals surface area (Å²) in [5.74, 6) is -2.82. The summed E-state index contributed by atoms with van der Waals surface area (Å²) in [5, 5.41) is 26.2. The monoisotopic (exact) mass is 761 g/mol. The Balaban J connectivity index is 2.27. The molecule has 306 valence electrons. The molecule has 5 amide bonds. The van der Waals surface area contributed by atoms with Crippen molar-refractivity contribution >= 4 is 29.7 Å². The van der Waals surface area contributed by atoms with Crippen LogP contribution in [0.15, 0.2) is 30.3 Å². The zero-order valence-electron chi connectivity index (χ0n) is 34.4. The fraction of sp³-hybridized carbons (Fsp3) is 0.725. The van der Waals surface area contributed by atoms with Crippen molar-refractivity contribution in [2.24, 2.45) is 23.7 Å². The van der Waals surface area contributed by atoms with Crippen molar-refractivity contribution in [3.63, 3.8) is 0 Å². The third kappa shape index (κ3) is 11.6. The zero-order valence-corrected chi connectivity index (χ0v) is 34.4. The number of methoxy groups -OCH3 is 2. The molecular weight excluding hydrogens is 694 g/mol. The molecule has 1 aromatic rings. The number of likely N-dealkylation sites (N-methyl/N-ethyl adjacent to an activating group) is 2. The highest BCUT2D eigenvalue weighted by molar-refractivity contribution is 5.91. The Hall–Kier alpha value is -3.75. The van der Waals surface area contributed by atoms with Gasteiger partial charge in [0.1, 0.15) is 12.1 Å². The first kappa shape index (κ1) is 46.4. The van der Waals surface area contributed by atoms with E-state index >= 15 is 0 Å². The minimum Gasteiger partial charge on any atom is -0.465 e. The minimum absolute atomic E-state index is 0.0333. The molecule has 14 nitrogen and oxygen atoms in total. The molecule has 1 saturated heterocycles. The number of benzene rings is 1. The summed E-state index contributed by atoms with van der Waals surface area (Å²) in [4.78, 5) is 71.3. The summed E-state index contributed by atoms with van der Waals surface area (Å²) in [6, 6.07) is 5.67. The van der Waals surface area contributed by atoms with Crippen molar-refractivity contribution < 1.29 is 43.7 Å². The van der Waals surface area contributed by atoms with Crippen LogP contribution in [0.4, 0.5) is 4.79 Å². The van der Waals surface area contributed by atoms with Crippen molar-refractivity contribution in [1.29, 1.82) is 0 Å². The Kier molecular flexibility index (Phi) is 18.4. The zero-order chi connectivity index (χ0) is 41.0. The smallest absolute Gasteiger partial charge is 0.407 e. The van der Waals surface area contributed by atoms with Crippen LogP contribution in [-0.2, 0) is 28.7 Å². The van der Waals surface area contributed by atoms with E-state index in [0.717, 1.165) is 11.3 Å². The Bertz CT molecular complexity index is 1380. The van der Waals surface area contributed by atoms with Gasteiger partial charge in [-0.2, -0.15) is 0 Å². The molecule has 1 aliphatic rings. The molecule has 1 heterocycles. The van der Waals surface area contributed by atoms with Crippen LogP contribution in [0.5, 0.6) is 0 Å². The van der Waals surface area contributed by atoms with Crippen molar-refractivity contribution in [1.82, 2.24) is 25.3 Å². The van der Waals surface area contributed by atoms with Crippen LogP contribution >= 0.6 is 0 Å². The number of carbonyl (C=O) groups excluding carboxylic acids is 4. The first-order chi connectivity index (χ1) is 25.3. The SMILES string of the molecule is CC[C@H](C)[C@@H]([C@@H](CC(=O)N1CCC[C@H]1[C@H](OC)[C@@H](C)C(=O)N[C@H](C)[C@H](O)c1ccccc1)OC)N(C)C(=O)[C@@H](NC(=O)[C@H](C(C)C)N(C)C(=O)O)C(C)C. The molecule has 0 saturated carbocycles. The molecule has 0 aliphatic carbocycles. The van der Waals surface area contributed by atoms with Gasteiger partial charge in [-0.15, -0.1) is 0 Å². The maximum atomic E-state index is 14.2. The average molecular weight is 762 g/mol. The molecule has 0 aromatic heterocycles. The van der Waals surface area contributed by atoms with E-state index in [4.69, 9.17) is 9.47 Å². The highest BCUT2D eigenvalue weighted by atomic mass is 16.5. The maximum Gasteiger partial charge on any atom is 0.407 e. The maximum absolute atomic E-state index is 14.2. The molecule has 1 fully saturated rings. The summed E-state index contributed by atoms with van der Waals surface area (Å²) >= 11 is 0. The van der Waals surface area contributed by atoms with Gasteiger partial charge in [0.05, 0.1) is 48.8 Å². The number of aliphatic hydroxyl groups excluding tert-OH is 1. The van der Waals surface area contributed by atoms with E-state index in [9.17, 15) is 34.2 Å². The Morgan fingerprint density at radius 2 is 1.50 bits per heavy atom. The quantitative estimate of drug-likeness (QED) is 0.153. The van der Waals surface area contributed by atoms with E-state index in [2.05, 4.69) is 10.6 Å². The van der Waals surface area contributed by atoms with Gasteiger partial charge >= 0.3 is 6.09 Å². The van der Waals surface area contributed by atoms with E-state index in [0.29, 0.717) is 24.9 Å². The molecule has 2 rings (SSSR count). The third-order valence-electron chi connectivity index (χ3n) is 11.1. The van der Waals surface area contributed by atoms with Gasteiger partial charge in [-0.3, -0.25) is 24.1 Å². The van der Waals surface area contributed by atoms with Gasteiger partial charge in [-0.25, -0.2) is 4.79 Å². The second kappa shape index (κ2) is 21.4. The predicted molar refractivity (Wildman–Crippen MR) is 206 cm³/mol. The van der Waals surface area contributed by atoms with Crippen molar-refractivity contribution in [3.8, 4) is 0 Å². The third-order valence-corrected chi connectivity index (χ3v) is 11.1. The van der Waals surface area contributed by atoms with Gasteiger partial charge in [0.2, 0.25) is 23.6 Å². The molecule has 0 radical (unpaired) electrons.